The third-order valence-corrected chi connectivity index (χ3v) is 6.08. The number of methoxy groups -OCH3 is 1. The van der Waals surface area contributed by atoms with Gasteiger partial charge in [-0.05, 0) is 57.4 Å². The summed E-state index contributed by atoms with van der Waals surface area (Å²) in [4.78, 5) is 15.1. The SMILES string of the molecule is COc1ccc(CN(C(=O)OCc2ccccc2)[C@@](C)(CCO)[C@@H]2OC(C)(C)O[C@H]2C)cc1. The molecule has 2 aromatic rings. The molecule has 3 rings (SSSR count). The molecule has 1 N–H and O–H groups in total. The van der Waals surface area contributed by atoms with Gasteiger partial charge in [0.05, 0.1) is 18.8 Å². The molecular formula is C26H35NO6. The largest absolute Gasteiger partial charge is 0.497 e. The average molecular weight is 458 g/mol. The fourth-order valence-electron chi connectivity index (χ4n) is 4.39. The van der Waals surface area contributed by atoms with Crippen molar-refractivity contribution in [1.29, 1.82) is 0 Å². The van der Waals surface area contributed by atoms with E-state index in [4.69, 9.17) is 18.9 Å². The zero-order valence-electron chi connectivity index (χ0n) is 20.1. The van der Waals surface area contributed by atoms with Crippen LogP contribution in [0.15, 0.2) is 54.6 Å². The molecule has 0 saturated carbocycles. The number of aliphatic hydroxyl groups is 1. The van der Waals surface area contributed by atoms with Gasteiger partial charge in [-0.1, -0.05) is 42.5 Å². The van der Waals surface area contributed by atoms with Gasteiger partial charge in [-0.25, -0.2) is 4.79 Å². The van der Waals surface area contributed by atoms with Gasteiger partial charge in [-0.15, -0.1) is 0 Å². The molecular weight excluding hydrogens is 422 g/mol. The Morgan fingerprint density at radius 2 is 1.76 bits per heavy atom. The number of rotatable bonds is 9. The van der Waals surface area contributed by atoms with Crippen molar-refractivity contribution in [3.8, 4) is 5.75 Å². The lowest BCUT2D eigenvalue weighted by atomic mass is 9.86. The Morgan fingerprint density at radius 3 is 2.30 bits per heavy atom. The van der Waals surface area contributed by atoms with E-state index in [1.807, 2.05) is 82.3 Å². The molecule has 7 heteroatoms. The smallest absolute Gasteiger partial charge is 0.410 e. The maximum absolute atomic E-state index is 13.5. The Bertz CT molecular complexity index is 901. The number of hydrogen-bond acceptors (Lipinski definition) is 6. The number of amides is 1. The van der Waals surface area contributed by atoms with E-state index in [9.17, 15) is 9.90 Å². The van der Waals surface area contributed by atoms with Crippen LogP contribution < -0.4 is 4.74 Å². The minimum Gasteiger partial charge on any atom is -0.497 e. The lowest BCUT2D eigenvalue weighted by Crippen LogP contribution is -2.59. The van der Waals surface area contributed by atoms with Gasteiger partial charge in [-0.2, -0.15) is 0 Å². The number of hydrogen-bond donors (Lipinski definition) is 1. The highest BCUT2D eigenvalue weighted by Gasteiger charge is 2.52. The van der Waals surface area contributed by atoms with Crippen molar-refractivity contribution in [1.82, 2.24) is 4.90 Å². The topological polar surface area (TPSA) is 77.5 Å². The zero-order chi connectivity index (χ0) is 24.1. The Morgan fingerprint density at radius 1 is 1.09 bits per heavy atom. The average Bonchev–Trinajstić information content (AvgIpc) is 3.09. The van der Waals surface area contributed by atoms with Gasteiger partial charge in [-0.3, -0.25) is 4.90 Å². The van der Waals surface area contributed by atoms with Gasteiger partial charge in [0.1, 0.15) is 18.5 Å². The number of aliphatic hydroxyl groups excluding tert-OH is 1. The molecule has 0 spiro atoms. The van der Waals surface area contributed by atoms with Crippen LogP contribution in [0.25, 0.3) is 0 Å². The van der Waals surface area contributed by atoms with Crippen molar-refractivity contribution in [2.75, 3.05) is 13.7 Å². The van der Waals surface area contributed by atoms with E-state index in [-0.39, 0.29) is 25.9 Å². The standard InChI is InChI=1S/C26H35NO6/c1-19-23(33-25(2,3)32-19)26(4,15-16-28)27(17-20-11-13-22(30-5)14-12-20)24(29)31-18-21-9-7-6-8-10-21/h6-14,19,23,28H,15-18H2,1-5H3/t19-,23+,26-/m0/s1. The summed E-state index contributed by atoms with van der Waals surface area (Å²) < 4.78 is 23.2. The lowest BCUT2D eigenvalue weighted by Gasteiger charge is -2.45. The van der Waals surface area contributed by atoms with Crippen LogP contribution in [0.4, 0.5) is 4.79 Å². The Hall–Kier alpha value is -2.61. The van der Waals surface area contributed by atoms with E-state index in [1.54, 1.807) is 12.0 Å². The lowest BCUT2D eigenvalue weighted by molar-refractivity contribution is -0.160. The third-order valence-electron chi connectivity index (χ3n) is 6.08. The number of ether oxygens (including phenoxy) is 4. The normalized spacial score (nSPS) is 21.3. The van der Waals surface area contributed by atoms with Crippen LogP contribution in [-0.2, 0) is 27.4 Å². The van der Waals surface area contributed by atoms with Gasteiger partial charge in [0.2, 0.25) is 0 Å². The van der Waals surface area contributed by atoms with Crippen molar-refractivity contribution in [2.45, 2.75) is 70.8 Å². The summed E-state index contributed by atoms with van der Waals surface area (Å²) in [7, 11) is 1.61. The molecule has 1 fully saturated rings. The second kappa shape index (κ2) is 10.5. The van der Waals surface area contributed by atoms with Crippen LogP contribution in [0.2, 0.25) is 0 Å². The van der Waals surface area contributed by atoms with Crippen LogP contribution in [0.3, 0.4) is 0 Å². The number of carbonyl (C=O) groups excluding carboxylic acids is 1. The van der Waals surface area contributed by atoms with Crippen LogP contribution >= 0.6 is 0 Å². The van der Waals surface area contributed by atoms with Crippen LogP contribution in [0.1, 0.15) is 45.2 Å². The van der Waals surface area contributed by atoms with E-state index >= 15 is 0 Å². The second-order valence-corrected chi connectivity index (χ2v) is 9.07. The van der Waals surface area contributed by atoms with Crippen molar-refractivity contribution in [3.05, 3.63) is 65.7 Å². The number of carbonyl (C=O) groups is 1. The summed E-state index contributed by atoms with van der Waals surface area (Å²) >= 11 is 0. The molecule has 33 heavy (non-hydrogen) atoms. The first kappa shape index (κ1) is 25.0. The van der Waals surface area contributed by atoms with Gasteiger partial charge in [0.25, 0.3) is 0 Å². The summed E-state index contributed by atoms with van der Waals surface area (Å²) in [5.74, 6) is -0.0569. The monoisotopic (exact) mass is 457 g/mol. The Labute approximate surface area is 196 Å². The number of benzene rings is 2. The van der Waals surface area contributed by atoms with Crippen LogP contribution in [-0.4, -0.2) is 53.4 Å². The molecule has 1 aliphatic rings. The molecule has 0 unspecified atom stereocenters. The molecule has 180 valence electrons. The Kier molecular flexibility index (Phi) is 8.00. The highest BCUT2D eigenvalue weighted by Crippen LogP contribution is 2.39. The summed E-state index contributed by atoms with van der Waals surface area (Å²) in [5, 5.41) is 9.96. The van der Waals surface area contributed by atoms with Crippen molar-refractivity contribution < 1.29 is 28.8 Å². The van der Waals surface area contributed by atoms with Gasteiger partial charge >= 0.3 is 6.09 Å². The minimum atomic E-state index is -0.879. The molecule has 0 radical (unpaired) electrons. The fourth-order valence-corrected chi connectivity index (χ4v) is 4.39. The summed E-state index contributed by atoms with van der Waals surface area (Å²) in [5.41, 5.74) is 0.923. The van der Waals surface area contributed by atoms with Crippen molar-refractivity contribution in [2.24, 2.45) is 0 Å². The predicted molar refractivity (Wildman–Crippen MR) is 125 cm³/mol. The minimum absolute atomic E-state index is 0.116. The van der Waals surface area contributed by atoms with E-state index < -0.39 is 23.5 Å². The second-order valence-electron chi connectivity index (χ2n) is 9.07. The van der Waals surface area contributed by atoms with E-state index in [0.29, 0.717) is 6.42 Å². The highest BCUT2D eigenvalue weighted by molar-refractivity contribution is 5.69. The molecule has 1 saturated heterocycles. The van der Waals surface area contributed by atoms with Gasteiger partial charge < -0.3 is 24.1 Å². The van der Waals surface area contributed by atoms with E-state index in [2.05, 4.69) is 0 Å². The molecule has 0 aliphatic carbocycles. The summed E-state index contributed by atoms with van der Waals surface area (Å²) in [6, 6.07) is 17.1. The summed E-state index contributed by atoms with van der Waals surface area (Å²) in [6.45, 7) is 7.86. The maximum Gasteiger partial charge on any atom is 0.410 e. The quantitative estimate of drug-likeness (QED) is 0.597. The van der Waals surface area contributed by atoms with Gasteiger partial charge in [0.15, 0.2) is 5.79 Å². The maximum atomic E-state index is 13.5. The molecule has 1 aliphatic heterocycles. The molecule has 1 amide bonds. The summed E-state index contributed by atoms with van der Waals surface area (Å²) in [6.07, 6.45) is -0.914. The molecule has 7 nitrogen and oxygen atoms in total. The molecule has 0 bridgehead atoms. The fraction of sp³-hybridized carbons (Fsp3) is 0.500. The van der Waals surface area contributed by atoms with Crippen molar-refractivity contribution >= 4 is 6.09 Å². The first-order chi connectivity index (χ1) is 15.7. The van der Waals surface area contributed by atoms with Crippen LogP contribution in [0, 0.1) is 0 Å². The highest BCUT2D eigenvalue weighted by atomic mass is 16.8. The first-order valence-electron chi connectivity index (χ1n) is 11.3. The van der Waals surface area contributed by atoms with E-state index in [1.165, 1.54) is 0 Å². The van der Waals surface area contributed by atoms with Crippen molar-refractivity contribution in [3.63, 3.8) is 0 Å². The number of nitrogens with zero attached hydrogens (tertiary/aromatic N) is 1. The predicted octanol–water partition coefficient (Wildman–Crippen LogP) is 4.52. The first-order valence-corrected chi connectivity index (χ1v) is 11.3. The van der Waals surface area contributed by atoms with Gasteiger partial charge in [0, 0.05) is 13.2 Å². The molecule has 1 heterocycles. The third kappa shape index (κ3) is 6.05. The molecule has 3 atom stereocenters. The molecule has 2 aromatic carbocycles. The van der Waals surface area contributed by atoms with E-state index in [0.717, 1.165) is 16.9 Å². The zero-order valence-corrected chi connectivity index (χ0v) is 20.1. The molecule has 0 aromatic heterocycles. The Balaban J connectivity index is 1.92. The van der Waals surface area contributed by atoms with Crippen LogP contribution in [0.5, 0.6) is 5.75 Å².